The van der Waals surface area contributed by atoms with Crippen LogP contribution >= 0.6 is 0 Å². The summed E-state index contributed by atoms with van der Waals surface area (Å²) in [5, 5.41) is 0. The van der Waals surface area contributed by atoms with E-state index >= 15 is 0 Å². The summed E-state index contributed by atoms with van der Waals surface area (Å²) in [6, 6.07) is 9.11. The van der Waals surface area contributed by atoms with Crippen molar-refractivity contribution in [3.8, 4) is 0 Å². The highest BCUT2D eigenvalue weighted by Gasteiger charge is 2.42. The topological polar surface area (TPSA) is 81.9 Å². The standard InChI is InChI=1S/C18H26N2O4/c1-18(2,3)24-17(22)20-10-9-14(15(20)11-19)16(21)23-12-13-7-5-4-6-8-13/h4-8,14-15H,9-12,19H2,1-3H3. The molecule has 6 nitrogen and oxygen atoms in total. The summed E-state index contributed by atoms with van der Waals surface area (Å²) in [4.78, 5) is 26.2. The second-order valence-electron chi connectivity index (χ2n) is 6.97. The van der Waals surface area contributed by atoms with Gasteiger partial charge in [-0.1, -0.05) is 30.3 Å². The van der Waals surface area contributed by atoms with Crippen molar-refractivity contribution in [1.82, 2.24) is 4.90 Å². The van der Waals surface area contributed by atoms with Gasteiger partial charge in [0.25, 0.3) is 0 Å². The lowest BCUT2D eigenvalue weighted by molar-refractivity contribution is -0.150. The average Bonchev–Trinajstić information content (AvgIpc) is 2.96. The van der Waals surface area contributed by atoms with Crippen molar-refractivity contribution >= 4 is 12.1 Å². The van der Waals surface area contributed by atoms with Gasteiger partial charge in [0.1, 0.15) is 12.2 Å². The number of rotatable bonds is 4. The third-order valence-corrected chi connectivity index (χ3v) is 3.94. The molecule has 0 spiro atoms. The molecule has 1 aliphatic rings. The number of hydrogen-bond donors (Lipinski definition) is 1. The molecule has 1 fully saturated rings. The van der Waals surface area contributed by atoms with Gasteiger partial charge in [-0.3, -0.25) is 4.79 Å². The maximum absolute atomic E-state index is 12.4. The van der Waals surface area contributed by atoms with Crippen molar-refractivity contribution in [1.29, 1.82) is 0 Å². The number of nitrogens with two attached hydrogens (primary N) is 1. The van der Waals surface area contributed by atoms with Gasteiger partial charge in [-0.05, 0) is 32.8 Å². The highest BCUT2D eigenvalue weighted by Crippen LogP contribution is 2.27. The first-order valence-corrected chi connectivity index (χ1v) is 8.22. The molecule has 1 aliphatic heterocycles. The van der Waals surface area contributed by atoms with Gasteiger partial charge in [-0.2, -0.15) is 0 Å². The minimum absolute atomic E-state index is 0.199. The molecule has 1 aromatic carbocycles. The summed E-state index contributed by atoms with van der Waals surface area (Å²) < 4.78 is 10.8. The normalized spacial score (nSPS) is 20.8. The summed E-state index contributed by atoms with van der Waals surface area (Å²) in [5.74, 6) is -0.730. The van der Waals surface area contributed by atoms with Crippen molar-refractivity contribution in [2.45, 2.75) is 45.4 Å². The SMILES string of the molecule is CC(C)(C)OC(=O)N1CCC(C(=O)OCc2ccccc2)C1CN. The summed E-state index contributed by atoms with van der Waals surface area (Å²) in [5.41, 5.74) is 6.15. The second kappa shape index (κ2) is 7.66. The fourth-order valence-corrected chi connectivity index (χ4v) is 2.80. The number of amides is 1. The van der Waals surface area contributed by atoms with Crippen molar-refractivity contribution in [2.24, 2.45) is 11.7 Å². The van der Waals surface area contributed by atoms with E-state index in [9.17, 15) is 9.59 Å². The number of carbonyl (C=O) groups excluding carboxylic acids is 2. The van der Waals surface area contributed by atoms with E-state index in [0.29, 0.717) is 13.0 Å². The first-order chi connectivity index (χ1) is 11.3. The Morgan fingerprint density at radius 3 is 2.50 bits per heavy atom. The monoisotopic (exact) mass is 334 g/mol. The van der Waals surface area contributed by atoms with Crippen LogP contribution in [0.25, 0.3) is 0 Å². The fraction of sp³-hybridized carbons (Fsp3) is 0.556. The van der Waals surface area contributed by atoms with Crippen LogP contribution in [0.4, 0.5) is 4.79 Å². The molecule has 2 atom stereocenters. The maximum atomic E-state index is 12.4. The molecular weight excluding hydrogens is 308 g/mol. The molecule has 6 heteroatoms. The Morgan fingerprint density at radius 2 is 1.92 bits per heavy atom. The van der Waals surface area contributed by atoms with E-state index in [-0.39, 0.29) is 25.2 Å². The van der Waals surface area contributed by atoms with Gasteiger partial charge in [0, 0.05) is 13.1 Å². The van der Waals surface area contributed by atoms with Crippen molar-refractivity contribution < 1.29 is 19.1 Å². The molecule has 0 bridgehead atoms. The highest BCUT2D eigenvalue weighted by atomic mass is 16.6. The van der Waals surface area contributed by atoms with E-state index in [1.807, 2.05) is 51.1 Å². The predicted molar refractivity (Wildman–Crippen MR) is 90.1 cm³/mol. The average molecular weight is 334 g/mol. The highest BCUT2D eigenvalue weighted by molar-refractivity contribution is 5.77. The van der Waals surface area contributed by atoms with Crippen LogP contribution in [0.5, 0.6) is 0 Å². The Morgan fingerprint density at radius 1 is 1.25 bits per heavy atom. The molecule has 1 amide bonds. The van der Waals surface area contributed by atoms with E-state index in [1.165, 1.54) is 0 Å². The van der Waals surface area contributed by atoms with Crippen LogP contribution in [-0.4, -0.2) is 41.7 Å². The number of esters is 1. The van der Waals surface area contributed by atoms with Crippen LogP contribution in [0.15, 0.2) is 30.3 Å². The van der Waals surface area contributed by atoms with E-state index in [2.05, 4.69) is 0 Å². The van der Waals surface area contributed by atoms with Crippen LogP contribution in [0.1, 0.15) is 32.8 Å². The Balaban J connectivity index is 1.95. The van der Waals surface area contributed by atoms with Crippen molar-refractivity contribution in [2.75, 3.05) is 13.1 Å². The number of ether oxygens (including phenoxy) is 2. The molecule has 0 saturated carbocycles. The van der Waals surface area contributed by atoms with E-state index < -0.39 is 17.6 Å². The number of nitrogens with zero attached hydrogens (tertiary/aromatic N) is 1. The molecule has 0 radical (unpaired) electrons. The van der Waals surface area contributed by atoms with E-state index in [4.69, 9.17) is 15.2 Å². The molecule has 1 heterocycles. The quantitative estimate of drug-likeness (QED) is 0.855. The molecule has 2 N–H and O–H groups in total. The smallest absolute Gasteiger partial charge is 0.410 e. The van der Waals surface area contributed by atoms with Crippen molar-refractivity contribution in [3.05, 3.63) is 35.9 Å². The zero-order chi connectivity index (χ0) is 17.7. The number of carbonyl (C=O) groups is 2. The molecule has 1 saturated heterocycles. The minimum Gasteiger partial charge on any atom is -0.461 e. The largest absolute Gasteiger partial charge is 0.461 e. The lowest BCUT2D eigenvalue weighted by atomic mass is 10.0. The van der Waals surface area contributed by atoms with Crippen LogP contribution in [0.3, 0.4) is 0 Å². The van der Waals surface area contributed by atoms with Gasteiger partial charge in [0.2, 0.25) is 0 Å². The van der Waals surface area contributed by atoms with Gasteiger partial charge in [0.15, 0.2) is 0 Å². The van der Waals surface area contributed by atoms with Crippen LogP contribution in [0, 0.1) is 5.92 Å². The van der Waals surface area contributed by atoms with Gasteiger partial charge in [-0.25, -0.2) is 4.79 Å². The molecule has 2 rings (SSSR count). The maximum Gasteiger partial charge on any atom is 0.410 e. The zero-order valence-corrected chi connectivity index (χ0v) is 14.5. The van der Waals surface area contributed by atoms with Gasteiger partial charge in [0.05, 0.1) is 12.0 Å². The summed E-state index contributed by atoms with van der Waals surface area (Å²) >= 11 is 0. The first-order valence-electron chi connectivity index (χ1n) is 8.22. The van der Waals surface area contributed by atoms with Crippen LogP contribution < -0.4 is 5.73 Å². The fourth-order valence-electron chi connectivity index (χ4n) is 2.80. The number of hydrogen-bond acceptors (Lipinski definition) is 5. The molecule has 0 aliphatic carbocycles. The van der Waals surface area contributed by atoms with Crippen LogP contribution in [0.2, 0.25) is 0 Å². The van der Waals surface area contributed by atoms with Crippen LogP contribution in [-0.2, 0) is 20.9 Å². The lowest BCUT2D eigenvalue weighted by Crippen LogP contribution is -2.46. The molecule has 1 aromatic rings. The van der Waals surface area contributed by atoms with E-state index in [0.717, 1.165) is 5.56 Å². The van der Waals surface area contributed by atoms with E-state index in [1.54, 1.807) is 4.90 Å². The number of benzene rings is 1. The second-order valence-corrected chi connectivity index (χ2v) is 6.97. The Hall–Kier alpha value is -2.08. The summed E-state index contributed by atoms with van der Waals surface area (Å²) in [6.45, 7) is 6.30. The zero-order valence-electron chi connectivity index (χ0n) is 14.5. The Bertz CT molecular complexity index is 568. The number of likely N-dealkylation sites (tertiary alicyclic amines) is 1. The summed E-state index contributed by atoms with van der Waals surface area (Å²) in [6.07, 6.45) is 0.102. The van der Waals surface area contributed by atoms with Crippen molar-refractivity contribution in [3.63, 3.8) is 0 Å². The van der Waals surface area contributed by atoms with Gasteiger partial charge < -0.3 is 20.1 Å². The predicted octanol–water partition coefficient (Wildman–Crippen LogP) is 2.31. The van der Waals surface area contributed by atoms with Gasteiger partial charge in [-0.15, -0.1) is 0 Å². The molecule has 132 valence electrons. The molecule has 24 heavy (non-hydrogen) atoms. The lowest BCUT2D eigenvalue weighted by Gasteiger charge is -2.29. The Labute approximate surface area is 142 Å². The van der Waals surface area contributed by atoms with Gasteiger partial charge >= 0.3 is 12.1 Å². The minimum atomic E-state index is -0.581. The summed E-state index contributed by atoms with van der Waals surface area (Å²) in [7, 11) is 0. The molecule has 2 unspecified atom stereocenters. The Kier molecular flexibility index (Phi) is 5.83. The third-order valence-electron chi connectivity index (χ3n) is 3.94. The molecule has 0 aromatic heterocycles. The molecular formula is C18H26N2O4. The first kappa shape index (κ1) is 18.3. The third kappa shape index (κ3) is 4.71.